The molecular formula is C8H16FNO. The second kappa shape index (κ2) is 3.20. The molecule has 1 atom stereocenters. The molecule has 0 rings (SSSR count). The molecule has 0 aromatic carbocycles. The van der Waals surface area contributed by atoms with Crippen molar-refractivity contribution in [3.05, 3.63) is 0 Å². The van der Waals surface area contributed by atoms with Crippen molar-refractivity contribution in [2.75, 3.05) is 6.54 Å². The lowest BCUT2D eigenvalue weighted by Gasteiger charge is -2.34. The first kappa shape index (κ1) is 10.4. The third-order valence-corrected chi connectivity index (χ3v) is 2.08. The van der Waals surface area contributed by atoms with Crippen LogP contribution < -0.4 is 5.32 Å². The number of carbonyl (C=O) groups excluding carboxylic acids is 1. The molecule has 1 amide bonds. The molecular weight excluding hydrogens is 145 g/mol. The molecule has 1 unspecified atom stereocenters. The Bertz CT molecular complexity index is 138. The second-order valence-electron chi connectivity index (χ2n) is 3.95. The highest BCUT2D eigenvalue weighted by Crippen LogP contribution is 2.32. The zero-order chi connectivity index (χ0) is 9.12. The standard InChI is InChI=1S/C8H16FNO/c1-7(2,3)8(4,9)5-10-6-11/h6H,5H2,1-4H3,(H,10,11). The number of hydrogen-bond donors (Lipinski definition) is 1. The van der Waals surface area contributed by atoms with Gasteiger partial charge in [-0.15, -0.1) is 0 Å². The lowest BCUT2D eigenvalue weighted by atomic mass is 9.79. The van der Waals surface area contributed by atoms with E-state index in [1.807, 2.05) is 0 Å². The van der Waals surface area contributed by atoms with Crippen molar-refractivity contribution in [2.45, 2.75) is 33.4 Å². The Labute approximate surface area is 67.2 Å². The zero-order valence-corrected chi connectivity index (χ0v) is 7.57. The second-order valence-corrected chi connectivity index (χ2v) is 3.95. The Morgan fingerprint density at radius 3 is 2.09 bits per heavy atom. The summed E-state index contributed by atoms with van der Waals surface area (Å²) < 4.78 is 13.6. The molecule has 0 aromatic heterocycles. The number of amides is 1. The van der Waals surface area contributed by atoms with E-state index in [4.69, 9.17) is 0 Å². The molecule has 2 nitrogen and oxygen atoms in total. The van der Waals surface area contributed by atoms with Gasteiger partial charge in [0.25, 0.3) is 0 Å². The molecule has 0 fully saturated rings. The molecule has 0 saturated carbocycles. The number of alkyl halides is 1. The van der Waals surface area contributed by atoms with Crippen LogP contribution in [0, 0.1) is 5.41 Å². The summed E-state index contributed by atoms with van der Waals surface area (Å²) >= 11 is 0. The predicted molar refractivity (Wildman–Crippen MR) is 43.0 cm³/mol. The van der Waals surface area contributed by atoms with Crippen LogP contribution in [0.1, 0.15) is 27.7 Å². The van der Waals surface area contributed by atoms with Crippen molar-refractivity contribution in [3.63, 3.8) is 0 Å². The third kappa shape index (κ3) is 2.87. The predicted octanol–water partition coefficient (Wildman–Crippen LogP) is 1.51. The largest absolute Gasteiger partial charge is 0.355 e. The molecule has 66 valence electrons. The topological polar surface area (TPSA) is 29.1 Å². The molecule has 0 spiro atoms. The molecule has 11 heavy (non-hydrogen) atoms. The summed E-state index contributed by atoms with van der Waals surface area (Å²) in [6, 6.07) is 0. The Hall–Kier alpha value is -0.600. The number of hydrogen-bond acceptors (Lipinski definition) is 1. The summed E-state index contributed by atoms with van der Waals surface area (Å²) in [5.41, 5.74) is -1.79. The van der Waals surface area contributed by atoms with Crippen LogP contribution in [0.15, 0.2) is 0 Å². The van der Waals surface area contributed by atoms with E-state index in [2.05, 4.69) is 5.32 Å². The first-order valence-corrected chi connectivity index (χ1v) is 3.67. The van der Waals surface area contributed by atoms with Gasteiger partial charge < -0.3 is 5.32 Å². The molecule has 0 heterocycles. The van der Waals surface area contributed by atoms with Gasteiger partial charge in [0.1, 0.15) is 5.67 Å². The highest BCUT2D eigenvalue weighted by molar-refractivity contribution is 5.46. The van der Waals surface area contributed by atoms with Crippen molar-refractivity contribution < 1.29 is 9.18 Å². The fraction of sp³-hybridized carbons (Fsp3) is 0.875. The molecule has 0 aliphatic heterocycles. The molecule has 0 radical (unpaired) electrons. The van der Waals surface area contributed by atoms with Crippen LogP contribution >= 0.6 is 0 Å². The molecule has 0 saturated heterocycles. The quantitative estimate of drug-likeness (QED) is 0.624. The summed E-state index contributed by atoms with van der Waals surface area (Å²) in [6.45, 7) is 6.97. The van der Waals surface area contributed by atoms with Crippen molar-refractivity contribution in [1.82, 2.24) is 5.32 Å². The lowest BCUT2D eigenvalue weighted by Crippen LogP contribution is -2.44. The molecule has 0 aliphatic carbocycles. The normalized spacial score (nSPS) is 17.2. The van der Waals surface area contributed by atoms with Crippen molar-refractivity contribution >= 4 is 6.41 Å². The first-order chi connectivity index (χ1) is 4.81. The molecule has 1 N–H and O–H groups in total. The lowest BCUT2D eigenvalue weighted by molar-refractivity contribution is -0.110. The van der Waals surface area contributed by atoms with Gasteiger partial charge in [0.05, 0.1) is 6.54 Å². The van der Waals surface area contributed by atoms with E-state index in [-0.39, 0.29) is 6.54 Å². The van der Waals surface area contributed by atoms with Crippen LogP contribution in [-0.2, 0) is 4.79 Å². The van der Waals surface area contributed by atoms with Gasteiger partial charge in [-0.25, -0.2) is 4.39 Å². The third-order valence-electron chi connectivity index (χ3n) is 2.08. The number of carbonyl (C=O) groups is 1. The maximum absolute atomic E-state index is 13.6. The monoisotopic (exact) mass is 161 g/mol. The summed E-state index contributed by atoms with van der Waals surface area (Å²) in [5.74, 6) is 0. The van der Waals surface area contributed by atoms with Gasteiger partial charge >= 0.3 is 0 Å². The van der Waals surface area contributed by atoms with Gasteiger partial charge in [0.15, 0.2) is 0 Å². The minimum absolute atomic E-state index is 0.0694. The van der Waals surface area contributed by atoms with Crippen molar-refractivity contribution in [3.8, 4) is 0 Å². The van der Waals surface area contributed by atoms with Crippen molar-refractivity contribution in [1.29, 1.82) is 0 Å². The highest BCUT2D eigenvalue weighted by atomic mass is 19.1. The minimum Gasteiger partial charge on any atom is -0.355 e. The Morgan fingerprint density at radius 2 is 1.82 bits per heavy atom. The zero-order valence-electron chi connectivity index (χ0n) is 7.57. The van der Waals surface area contributed by atoms with E-state index < -0.39 is 11.1 Å². The van der Waals surface area contributed by atoms with Gasteiger partial charge in [0.2, 0.25) is 6.41 Å². The van der Waals surface area contributed by atoms with Crippen molar-refractivity contribution in [2.24, 2.45) is 5.41 Å². The highest BCUT2D eigenvalue weighted by Gasteiger charge is 2.37. The summed E-state index contributed by atoms with van der Waals surface area (Å²) in [5, 5.41) is 2.34. The summed E-state index contributed by atoms with van der Waals surface area (Å²) in [4.78, 5) is 9.90. The van der Waals surface area contributed by atoms with Crippen LogP contribution in [0.5, 0.6) is 0 Å². The van der Waals surface area contributed by atoms with E-state index in [1.54, 1.807) is 20.8 Å². The fourth-order valence-corrected chi connectivity index (χ4v) is 0.499. The molecule has 0 bridgehead atoms. The number of rotatable bonds is 3. The Morgan fingerprint density at radius 1 is 1.36 bits per heavy atom. The molecule has 0 aromatic rings. The van der Waals surface area contributed by atoms with Gasteiger partial charge in [-0.3, -0.25) is 4.79 Å². The molecule has 0 aliphatic rings. The van der Waals surface area contributed by atoms with E-state index in [0.29, 0.717) is 6.41 Å². The van der Waals surface area contributed by atoms with Crippen LogP contribution in [-0.4, -0.2) is 18.6 Å². The van der Waals surface area contributed by atoms with Crippen LogP contribution in [0.3, 0.4) is 0 Å². The van der Waals surface area contributed by atoms with E-state index in [0.717, 1.165) is 0 Å². The van der Waals surface area contributed by atoms with E-state index >= 15 is 0 Å². The maximum Gasteiger partial charge on any atom is 0.207 e. The fourth-order valence-electron chi connectivity index (χ4n) is 0.499. The summed E-state index contributed by atoms with van der Waals surface area (Å²) in [7, 11) is 0. The van der Waals surface area contributed by atoms with Crippen LogP contribution in [0.2, 0.25) is 0 Å². The van der Waals surface area contributed by atoms with Gasteiger partial charge in [-0.05, 0) is 12.3 Å². The summed E-state index contributed by atoms with van der Waals surface area (Å²) in [6.07, 6.45) is 0.517. The average Bonchev–Trinajstić information content (AvgIpc) is 1.81. The minimum atomic E-state index is -1.35. The Kier molecular flexibility index (Phi) is 3.02. The van der Waals surface area contributed by atoms with Gasteiger partial charge in [0, 0.05) is 0 Å². The van der Waals surface area contributed by atoms with Gasteiger partial charge in [-0.2, -0.15) is 0 Å². The average molecular weight is 161 g/mol. The number of nitrogens with one attached hydrogen (secondary N) is 1. The SMILES string of the molecule is CC(C)(C)C(C)(F)CNC=O. The first-order valence-electron chi connectivity index (χ1n) is 3.67. The molecule has 3 heteroatoms. The maximum atomic E-state index is 13.6. The Balaban J connectivity index is 4.10. The smallest absolute Gasteiger partial charge is 0.207 e. The number of halogens is 1. The van der Waals surface area contributed by atoms with E-state index in [1.165, 1.54) is 6.92 Å². The van der Waals surface area contributed by atoms with E-state index in [9.17, 15) is 9.18 Å². The van der Waals surface area contributed by atoms with Crippen LogP contribution in [0.25, 0.3) is 0 Å². The van der Waals surface area contributed by atoms with Crippen LogP contribution in [0.4, 0.5) is 4.39 Å². The van der Waals surface area contributed by atoms with Gasteiger partial charge in [-0.1, -0.05) is 20.8 Å².